The quantitative estimate of drug-likeness (QED) is 0.314. The molecule has 0 aliphatic heterocycles. The third-order valence-corrected chi connectivity index (χ3v) is 0.236. The number of carboxylic acid groups (broad SMARTS) is 1. The summed E-state index contributed by atoms with van der Waals surface area (Å²) in [6.07, 6.45) is -1.09. The number of carbonyl (C=O) groups excluding carboxylic acids is 1. The second-order valence-corrected chi connectivity index (χ2v) is 0.608. The third-order valence-electron chi connectivity index (χ3n) is 0.236. The van der Waals surface area contributed by atoms with E-state index in [9.17, 15) is 9.90 Å². The second kappa shape index (κ2) is 5.47. The van der Waals surface area contributed by atoms with E-state index in [4.69, 9.17) is 1.37 Å². The van der Waals surface area contributed by atoms with E-state index >= 15 is 0 Å². The molecule has 0 radical (unpaired) electrons. The van der Waals surface area contributed by atoms with Crippen molar-refractivity contribution in [3.8, 4) is 0 Å². The summed E-state index contributed by atoms with van der Waals surface area (Å²) in [4.78, 5) is 9.40. The van der Waals surface area contributed by atoms with Gasteiger partial charge in [0, 0.05) is 7.34 Å². The fourth-order valence-corrected chi connectivity index (χ4v) is 0. The Hall–Kier alpha value is 0.470. The van der Waals surface area contributed by atoms with Gasteiger partial charge in [-0.25, -0.2) is 0 Å². The van der Waals surface area contributed by atoms with Gasteiger partial charge in [-0.15, -0.1) is 0 Å². The van der Waals surface area contributed by atoms with Crippen LogP contribution in [-0.2, 0) is 4.79 Å². The minimum atomic E-state index is -1.32. The maximum Gasteiger partial charge on any atom is 1.00 e. The monoisotopic (exact) mass is 97.0 g/mol. The molecule has 0 bridgehead atoms. The molecule has 0 heterocycles. The van der Waals surface area contributed by atoms with Crippen molar-refractivity contribution in [3.05, 3.63) is 0 Å². The van der Waals surface area contributed by atoms with E-state index in [1.807, 2.05) is 0 Å². The van der Waals surface area contributed by atoms with Gasteiger partial charge in [-0.3, -0.25) is 0 Å². The number of hydrogen-bond donors (Lipinski definition) is 0. The summed E-state index contributed by atoms with van der Waals surface area (Å²) in [5.41, 5.74) is 0. The minimum Gasteiger partial charge on any atom is -0.550 e. The molecule has 0 aliphatic rings. The van der Waals surface area contributed by atoms with Crippen molar-refractivity contribution in [2.24, 2.45) is 0 Å². The Kier molecular flexibility index (Phi) is 5.90. The number of rotatable bonds is 1. The molecule has 0 aromatic rings. The summed E-state index contributed by atoms with van der Waals surface area (Å²) in [6.45, 7) is 1.25. The van der Waals surface area contributed by atoms with Crippen molar-refractivity contribution in [3.63, 3.8) is 0 Å². The first kappa shape index (κ1) is 6.47. The van der Waals surface area contributed by atoms with Crippen LogP contribution in [0.15, 0.2) is 0 Å². The van der Waals surface area contributed by atoms with Gasteiger partial charge in [0.1, 0.15) is 0 Å². The number of aliphatic carboxylic acids is 1. The molecule has 0 aromatic heterocycles. The Morgan fingerprint density at radius 3 is 2.33 bits per heavy atom. The van der Waals surface area contributed by atoms with E-state index in [0.717, 1.165) is 0 Å². The van der Waals surface area contributed by atoms with Crippen LogP contribution in [0.4, 0.5) is 0 Å². The van der Waals surface area contributed by atoms with Gasteiger partial charge in [0.25, 0.3) is 0 Å². The molecule has 0 fully saturated rings. The first-order valence-electron chi connectivity index (χ1n) is 1.85. The van der Waals surface area contributed by atoms with Gasteiger partial charge in [-0.05, 0) is 6.40 Å². The molecule has 1 atom stereocenters. The maximum atomic E-state index is 9.40. The standard InChI is InChI=1S/C3H6O2.Na/c1-2-3(4)5;/h2H2,1H3,(H,4,5);/q;+1/p-1/i2D;. The fraction of sp³-hybridized carbons (Fsp3) is 0.667. The van der Waals surface area contributed by atoms with E-state index in [2.05, 4.69) is 0 Å². The summed E-state index contributed by atoms with van der Waals surface area (Å²) >= 11 is 0. The summed E-state index contributed by atoms with van der Waals surface area (Å²) in [6, 6.07) is 0. The molecule has 0 amide bonds. The molecule has 2 nitrogen and oxygen atoms in total. The number of hydrogen-bond acceptors (Lipinski definition) is 2. The maximum absolute atomic E-state index is 9.40. The Bertz CT molecular complexity index is 64.0. The molecule has 0 spiro atoms. The minimum absolute atomic E-state index is 0. The van der Waals surface area contributed by atoms with E-state index in [1.165, 1.54) is 6.92 Å². The molecule has 3 heteroatoms. The summed E-state index contributed by atoms with van der Waals surface area (Å²) in [5, 5.41) is 9.40. The zero-order chi connectivity index (χ0) is 5.15. The van der Waals surface area contributed by atoms with Crippen molar-refractivity contribution in [1.29, 1.82) is 0 Å². The molecule has 0 saturated carbocycles. The molecule has 6 heavy (non-hydrogen) atoms. The van der Waals surface area contributed by atoms with Gasteiger partial charge < -0.3 is 9.90 Å². The fourth-order valence-electron chi connectivity index (χ4n) is 0. The summed E-state index contributed by atoms with van der Waals surface area (Å²) in [5.74, 6) is -1.32. The Morgan fingerprint density at radius 2 is 2.33 bits per heavy atom. The topological polar surface area (TPSA) is 40.1 Å². The molecule has 30 valence electrons. The van der Waals surface area contributed by atoms with Gasteiger partial charge >= 0.3 is 29.6 Å². The largest absolute Gasteiger partial charge is 1.00 e. The predicted octanol–water partition coefficient (Wildman–Crippen LogP) is -3.85. The Labute approximate surface area is 60.2 Å². The molecular formula is C3H5NaO2. The second-order valence-electron chi connectivity index (χ2n) is 0.608. The van der Waals surface area contributed by atoms with E-state index in [1.54, 1.807) is 0 Å². The molecule has 0 saturated heterocycles. The first-order chi connectivity index (χ1) is 2.64. The van der Waals surface area contributed by atoms with Crippen LogP contribution in [0, 0.1) is 0 Å². The number of carbonyl (C=O) groups is 1. The van der Waals surface area contributed by atoms with Crippen LogP contribution in [0.2, 0.25) is 0 Å². The van der Waals surface area contributed by atoms with E-state index < -0.39 is 12.4 Å². The third kappa shape index (κ3) is 8.82. The summed E-state index contributed by atoms with van der Waals surface area (Å²) < 4.78 is 6.37. The van der Waals surface area contributed by atoms with Crippen LogP contribution in [0.25, 0.3) is 0 Å². The average molecular weight is 97.1 g/mol. The van der Waals surface area contributed by atoms with Gasteiger partial charge in [0.2, 0.25) is 0 Å². The van der Waals surface area contributed by atoms with Crippen molar-refractivity contribution in [2.45, 2.75) is 13.3 Å². The smallest absolute Gasteiger partial charge is 0.550 e. The van der Waals surface area contributed by atoms with Crippen molar-refractivity contribution in [2.75, 3.05) is 0 Å². The van der Waals surface area contributed by atoms with Gasteiger partial charge in [0.05, 0.1) is 0 Å². The normalized spacial score (nSPS) is 13.8. The van der Waals surface area contributed by atoms with E-state index in [-0.39, 0.29) is 29.6 Å². The zero-order valence-corrected chi connectivity index (χ0v) is 5.89. The Balaban J connectivity index is 0. The molecule has 0 rings (SSSR count). The molecule has 0 N–H and O–H groups in total. The average Bonchev–Trinajstić information content (AvgIpc) is 1.36. The van der Waals surface area contributed by atoms with Gasteiger partial charge in [0.15, 0.2) is 0 Å². The summed E-state index contributed by atoms with van der Waals surface area (Å²) in [7, 11) is 0. The Morgan fingerprint density at radius 1 is 2.17 bits per heavy atom. The van der Waals surface area contributed by atoms with Crippen LogP contribution in [0.5, 0.6) is 0 Å². The predicted molar refractivity (Wildman–Crippen MR) is 15.3 cm³/mol. The SMILES string of the molecule is [2H]C(C)C(=O)[O-].[Na+]. The van der Waals surface area contributed by atoms with Crippen LogP contribution in [0.3, 0.4) is 0 Å². The van der Waals surface area contributed by atoms with Crippen LogP contribution in [-0.4, -0.2) is 5.97 Å². The molecule has 0 aliphatic carbocycles. The van der Waals surface area contributed by atoms with Crippen LogP contribution in [0.1, 0.15) is 14.7 Å². The number of carboxylic acids is 1. The van der Waals surface area contributed by atoms with Crippen LogP contribution < -0.4 is 34.7 Å². The molecule has 0 aromatic carbocycles. The van der Waals surface area contributed by atoms with Crippen molar-refractivity contribution < 1.29 is 40.8 Å². The van der Waals surface area contributed by atoms with Crippen LogP contribution >= 0.6 is 0 Å². The van der Waals surface area contributed by atoms with Gasteiger partial charge in [-0.1, -0.05) is 6.92 Å². The van der Waals surface area contributed by atoms with Gasteiger partial charge in [-0.2, -0.15) is 0 Å². The zero-order valence-electron chi connectivity index (χ0n) is 4.89. The molecular weight excluding hydrogens is 91.0 g/mol. The van der Waals surface area contributed by atoms with E-state index in [0.29, 0.717) is 0 Å². The molecule has 1 unspecified atom stereocenters. The first-order valence-corrected chi connectivity index (χ1v) is 1.27. The van der Waals surface area contributed by atoms with Crippen molar-refractivity contribution in [1.82, 2.24) is 0 Å². The van der Waals surface area contributed by atoms with Crippen molar-refractivity contribution >= 4 is 5.97 Å².